The molecule has 0 bridgehead atoms. The third-order valence-electron chi connectivity index (χ3n) is 2.80. The Morgan fingerprint density at radius 3 is 2.62 bits per heavy atom. The summed E-state index contributed by atoms with van der Waals surface area (Å²) in [6.07, 6.45) is 0. The second-order valence-corrected chi connectivity index (χ2v) is 4.71. The zero-order valence-corrected chi connectivity index (χ0v) is 10.8. The molecule has 0 spiro atoms. The maximum Gasteiger partial charge on any atom is 0.145 e. The molecule has 1 N–H and O–H groups in total. The SMILES string of the molecule is CCNCC(c1cccc(Cl)c1F)C(C)C. The monoisotopic (exact) mass is 243 g/mol. The minimum absolute atomic E-state index is 0.165. The lowest BCUT2D eigenvalue weighted by atomic mass is 9.88. The summed E-state index contributed by atoms with van der Waals surface area (Å²) in [5, 5.41) is 3.47. The highest BCUT2D eigenvalue weighted by molar-refractivity contribution is 6.30. The fourth-order valence-electron chi connectivity index (χ4n) is 1.81. The lowest BCUT2D eigenvalue weighted by Crippen LogP contribution is -2.25. The van der Waals surface area contributed by atoms with Crippen molar-refractivity contribution in [2.75, 3.05) is 13.1 Å². The quantitative estimate of drug-likeness (QED) is 0.829. The zero-order chi connectivity index (χ0) is 12.1. The zero-order valence-electron chi connectivity index (χ0n) is 10.1. The molecular formula is C13H19ClFN. The minimum Gasteiger partial charge on any atom is -0.316 e. The van der Waals surface area contributed by atoms with E-state index >= 15 is 0 Å². The van der Waals surface area contributed by atoms with Gasteiger partial charge in [0.1, 0.15) is 5.82 Å². The summed E-state index contributed by atoms with van der Waals surface area (Å²) in [6, 6.07) is 5.22. The van der Waals surface area contributed by atoms with Crippen LogP contribution in [-0.2, 0) is 0 Å². The number of rotatable bonds is 5. The largest absolute Gasteiger partial charge is 0.316 e. The van der Waals surface area contributed by atoms with Crippen LogP contribution in [0.25, 0.3) is 0 Å². The first kappa shape index (κ1) is 13.5. The first-order valence-electron chi connectivity index (χ1n) is 5.72. The van der Waals surface area contributed by atoms with Crippen LogP contribution in [-0.4, -0.2) is 13.1 Å². The second-order valence-electron chi connectivity index (χ2n) is 4.30. The van der Waals surface area contributed by atoms with Crippen LogP contribution in [0.1, 0.15) is 32.3 Å². The van der Waals surface area contributed by atoms with Gasteiger partial charge in [-0.2, -0.15) is 0 Å². The molecule has 0 amide bonds. The molecule has 0 aliphatic heterocycles. The van der Waals surface area contributed by atoms with Gasteiger partial charge in [0.2, 0.25) is 0 Å². The smallest absolute Gasteiger partial charge is 0.145 e. The van der Waals surface area contributed by atoms with E-state index in [9.17, 15) is 4.39 Å². The van der Waals surface area contributed by atoms with Crippen molar-refractivity contribution >= 4 is 11.6 Å². The number of benzene rings is 1. The van der Waals surface area contributed by atoms with Gasteiger partial charge in [0, 0.05) is 12.5 Å². The summed E-state index contributed by atoms with van der Waals surface area (Å²) >= 11 is 5.80. The third-order valence-corrected chi connectivity index (χ3v) is 3.09. The topological polar surface area (TPSA) is 12.0 Å². The van der Waals surface area contributed by atoms with Crippen molar-refractivity contribution in [1.82, 2.24) is 5.32 Å². The van der Waals surface area contributed by atoms with Crippen molar-refractivity contribution in [1.29, 1.82) is 0 Å². The summed E-state index contributed by atoms with van der Waals surface area (Å²) < 4.78 is 13.9. The molecule has 16 heavy (non-hydrogen) atoms. The molecule has 1 atom stereocenters. The van der Waals surface area contributed by atoms with Gasteiger partial charge in [0.05, 0.1) is 5.02 Å². The summed E-state index contributed by atoms with van der Waals surface area (Å²) in [5.41, 5.74) is 0.712. The standard InChI is InChI=1S/C13H19ClFN/c1-4-16-8-11(9(2)3)10-6-5-7-12(14)13(10)15/h5-7,9,11,16H,4,8H2,1-3H3. The Bertz CT molecular complexity index is 339. The molecule has 0 heterocycles. The number of halogens is 2. The van der Waals surface area contributed by atoms with Crippen molar-refractivity contribution in [3.8, 4) is 0 Å². The van der Waals surface area contributed by atoms with Gasteiger partial charge in [-0.1, -0.05) is 44.5 Å². The number of likely N-dealkylation sites (N-methyl/N-ethyl adjacent to an activating group) is 1. The molecule has 0 radical (unpaired) electrons. The van der Waals surface area contributed by atoms with Crippen LogP contribution in [0.5, 0.6) is 0 Å². The molecule has 0 saturated carbocycles. The Labute approximate surface area is 102 Å². The average Bonchev–Trinajstić information content (AvgIpc) is 2.24. The van der Waals surface area contributed by atoms with Crippen LogP contribution < -0.4 is 5.32 Å². The van der Waals surface area contributed by atoms with Crippen LogP contribution >= 0.6 is 11.6 Å². The third kappa shape index (κ3) is 3.19. The van der Waals surface area contributed by atoms with Crippen LogP contribution in [0.2, 0.25) is 5.02 Å². The van der Waals surface area contributed by atoms with Crippen LogP contribution in [0.3, 0.4) is 0 Å². The van der Waals surface area contributed by atoms with Gasteiger partial charge >= 0.3 is 0 Å². The molecule has 0 fully saturated rings. The van der Waals surface area contributed by atoms with Gasteiger partial charge in [0.15, 0.2) is 0 Å². The summed E-state index contributed by atoms with van der Waals surface area (Å²) in [4.78, 5) is 0. The molecule has 1 nitrogen and oxygen atoms in total. The van der Waals surface area contributed by atoms with Crippen molar-refractivity contribution in [3.05, 3.63) is 34.6 Å². The highest BCUT2D eigenvalue weighted by Crippen LogP contribution is 2.29. The Hall–Kier alpha value is -0.600. The van der Waals surface area contributed by atoms with E-state index < -0.39 is 0 Å². The molecule has 1 aromatic rings. The molecule has 0 aliphatic carbocycles. The molecule has 1 rings (SSSR count). The van der Waals surface area contributed by atoms with Gasteiger partial charge < -0.3 is 5.32 Å². The van der Waals surface area contributed by atoms with Gasteiger partial charge in [-0.3, -0.25) is 0 Å². The average molecular weight is 244 g/mol. The Kier molecular flexibility index (Phi) is 5.23. The lowest BCUT2D eigenvalue weighted by Gasteiger charge is -2.22. The van der Waals surface area contributed by atoms with Gasteiger partial charge in [0.25, 0.3) is 0 Å². The van der Waals surface area contributed by atoms with E-state index in [1.807, 2.05) is 19.1 Å². The predicted octanol–water partition coefficient (Wildman–Crippen LogP) is 3.83. The van der Waals surface area contributed by atoms with Crippen molar-refractivity contribution < 1.29 is 4.39 Å². The van der Waals surface area contributed by atoms with Crippen LogP contribution in [0.4, 0.5) is 4.39 Å². The molecule has 1 unspecified atom stereocenters. The normalized spacial score (nSPS) is 13.1. The number of hydrogen-bond acceptors (Lipinski definition) is 1. The van der Waals surface area contributed by atoms with Gasteiger partial charge in [-0.15, -0.1) is 0 Å². The summed E-state index contributed by atoms with van der Waals surface area (Å²) in [7, 11) is 0. The molecule has 0 aliphatic rings. The first-order chi connectivity index (χ1) is 7.57. The second kappa shape index (κ2) is 6.21. The highest BCUT2D eigenvalue weighted by atomic mass is 35.5. The molecular weight excluding hydrogens is 225 g/mol. The highest BCUT2D eigenvalue weighted by Gasteiger charge is 2.20. The lowest BCUT2D eigenvalue weighted by molar-refractivity contribution is 0.448. The molecule has 90 valence electrons. The minimum atomic E-state index is -0.277. The summed E-state index contributed by atoms with van der Waals surface area (Å²) in [5.74, 6) is 0.270. The van der Waals surface area contributed by atoms with E-state index in [2.05, 4.69) is 19.2 Å². The van der Waals surface area contributed by atoms with Crippen molar-refractivity contribution in [2.45, 2.75) is 26.7 Å². The Balaban J connectivity index is 2.96. The van der Waals surface area contributed by atoms with Crippen LogP contribution in [0, 0.1) is 11.7 Å². The maximum absolute atomic E-state index is 13.9. The van der Waals surface area contributed by atoms with E-state index in [4.69, 9.17) is 11.6 Å². The fourth-order valence-corrected chi connectivity index (χ4v) is 1.99. The number of hydrogen-bond donors (Lipinski definition) is 1. The molecule has 0 saturated heterocycles. The number of nitrogens with one attached hydrogen (secondary N) is 1. The van der Waals surface area contributed by atoms with Gasteiger partial charge in [-0.05, 0) is 24.1 Å². The first-order valence-corrected chi connectivity index (χ1v) is 6.10. The molecule has 1 aromatic carbocycles. The van der Waals surface area contributed by atoms with Crippen molar-refractivity contribution in [2.24, 2.45) is 5.92 Å². The van der Waals surface area contributed by atoms with E-state index in [1.54, 1.807) is 6.07 Å². The molecule has 3 heteroatoms. The van der Waals surface area contributed by atoms with Gasteiger partial charge in [-0.25, -0.2) is 4.39 Å². The van der Waals surface area contributed by atoms with E-state index in [0.717, 1.165) is 13.1 Å². The van der Waals surface area contributed by atoms with Crippen LogP contribution in [0.15, 0.2) is 18.2 Å². The molecule has 0 aromatic heterocycles. The Morgan fingerprint density at radius 2 is 2.06 bits per heavy atom. The summed E-state index contributed by atoms with van der Waals surface area (Å²) in [6.45, 7) is 7.92. The maximum atomic E-state index is 13.9. The van der Waals surface area contributed by atoms with Crippen molar-refractivity contribution in [3.63, 3.8) is 0 Å². The van der Waals surface area contributed by atoms with E-state index in [-0.39, 0.29) is 16.8 Å². The Morgan fingerprint density at radius 1 is 1.38 bits per heavy atom. The predicted molar refractivity (Wildman–Crippen MR) is 67.5 cm³/mol. The fraction of sp³-hybridized carbons (Fsp3) is 0.538. The van der Waals surface area contributed by atoms with E-state index in [0.29, 0.717) is 11.5 Å². The van der Waals surface area contributed by atoms with E-state index in [1.165, 1.54) is 0 Å².